The molecule has 0 radical (unpaired) electrons. The lowest BCUT2D eigenvalue weighted by atomic mass is 9.98. The maximum absolute atomic E-state index is 15.0. The quantitative estimate of drug-likeness (QED) is 0.326. The highest BCUT2D eigenvalue weighted by Gasteiger charge is 2.30. The Kier molecular flexibility index (Phi) is 5.77. The van der Waals surface area contributed by atoms with Gasteiger partial charge in [0, 0.05) is 6.42 Å². The second kappa shape index (κ2) is 9.17. The summed E-state index contributed by atoms with van der Waals surface area (Å²) in [6.45, 7) is 0. The second-order valence-electron chi connectivity index (χ2n) is 7.78. The van der Waals surface area contributed by atoms with Crippen molar-refractivity contribution < 1.29 is 13.9 Å². The van der Waals surface area contributed by atoms with Gasteiger partial charge in [0.05, 0.1) is 24.6 Å². The van der Waals surface area contributed by atoms with Crippen LogP contribution in [0, 0.1) is 5.82 Å². The molecule has 33 heavy (non-hydrogen) atoms. The van der Waals surface area contributed by atoms with Crippen LogP contribution in [0.2, 0.25) is 0 Å². The van der Waals surface area contributed by atoms with E-state index in [1.165, 1.54) is 0 Å². The van der Waals surface area contributed by atoms with E-state index in [1.54, 1.807) is 31.4 Å². The van der Waals surface area contributed by atoms with Crippen LogP contribution < -0.4 is 14.5 Å². The topological polar surface area (TPSA) is 34.1 Å². The van der Waals surface area contributed by atoms with Gasteiger partial charge in [-0.3, -0.25) is 5.01 Å². The molecular weight excluding hydrogens is 415 g/mol. The molecule has 0 N–H and O–H groups in total. The molecule has 0 amide bonds. The van der Waals surface area contributed by atoms with Crippen molar-refractivity contribution in [2.75, 3.05) is 12.1 Å². The van der Waals surface area contributed by atoms with Gasteiger partial charge in [-0.15, -0.1) is 0 Å². The van der Waals surface area contributed by atoms with E-state index < -0.39 is 5.82 Å². The van der Waals surface area contributed by atoms with E-state index in [0.717, 1.165) is 28.3 Å². The minimum atomic E-state index is -0.401. The number of hydrogen-bond donors (Lipinski definition) is 0. The molecule has 0 saturated heterocycles. The molecule has 1 unspecified atom stereocenters. The fourth-order valence-corrected chi connectivity index (χ4v) is 3.97. The lowest BCUT2D eigenvalue weighted by Gasteiger charge is -2.24. The van der Waals surface area contributed by atoms with E-state index in [4.69, 9.17) is 14.6 Å². The fraction of sp³-hybridized carbons (Fsp3) is 0.107. The summed E-state index contributed by atoms with van der Waals surface area (Å²) in [5, 5.41) is 6.88. The average molecular weight is 439 g/mol. The zero-order chi connectivity index (χ0) is 22.6. The Morgan fingerprint density at radius 2 is 1.52 bits per heavy atom. The van der Waals surface area contributed by atoms with Crippen molar-refractivity contribution in [3.63, 3.8) is 0 Å². The minimum absolute atomic E-state index is 0.134. The number of rotatable bonds is 6. The molecule has 4 aromatic rings. The van der Waals surface area contributed by atoms with Crippen LogP contribution in [0.25, 0.3) is 0 Å². The first-order valence-corrected chi connectivity index (χ1v) is 10.8. The summed E-state index contributed by atoms with van der Waals surface area (Å²) in [4.78, 5) is 0. The molecule has 0 spiro atoms. The Balaban J connectivity index is 1.46. The predicted molar refractivity (Wildman–Crippen MR) is 129 cm³/mol. The number of ether oxygens (including phenoxy) is 2. The van der Waals surface area contributed by atoms with Crippen LogP contribution in [0.5, 0.6) is 17.2 Å². The molecule has 164 valence electrons. The predicted octanol–water partition coefficient (Wildman–Crippen LogP) is 6.98. The molecule has 4 nitrogen and oxygen atoms in total. The Morgan fingerprint density at radius 3 is 2.18 bits per heavy atom. The van der Waals surface area contributed by atoms with Gasteiger partial charge in [0.15, 0.2) is 11.6 Å². The van der Waals surface area contributed by atoms with Crippen LogP contribution >= 0.6 is 0 Å². The summed E-state index contributed by atoms with van der Waals surface area (Å²) in [5.41, 5.74) is 3.75. The maximum atomic E-state index is 15.0. The summed E-state index contributed by atoms with van der Waals surface area (Å²) >= 11 is 0. The molecule has 0 saturated carbocycles. The number of halogens is 1. The van der Waals surface area contributed by atoms with Crippen LogP contribution in [-0.2, 0) is 0 Å². The van der Waals surface area contributed by atoms with Crippen molar-refractivity contribution in [2.45, 2.75) is 12.5 Å². The third kappa shape index (κ3) is 4.44. The van der Waals surface area contributed by atoms with Crippen LogP contribution in [0.1, 0.15) is 23.6 Å². The van der Waals surface area contributed by atoms with Crippen molar-refractivity contribution in [2.24, 2.45) is 5.10 Å². The number of para-hydroxylation sites is 2. The standard InChI is InChI=1S/C28H23FN2O2/c1-32-23-15-12-20(13-16-23)26-19-27(31(30-26)22-8-4-2-5-9-22)21-14-17-28(25(29)18-21)33-24-10-6-3-7-11-24/h2-18,27H,19H2,1H3. The number of hydrazone groups is 1. The molecule has 1 aliphatic heterocycles. The van der Waals surface area contributed by atoms with Crippen molar-refractivity contribution in [1.82, 2.24) is 0 Å². The molecule has 1 atom stereocenters. The number of anilines is 1. The molecule has 4 aromatic carbocycles. The highest BCUT2D eigenvalue weighted by Crippen LogP contribution is 2.38. The second-order valence-corrected chi connectivity index (χ2v) is 7.78. The lowest BCUT2D eigenvalue weighted by Crippen LogP contribution is -2.18. The maximum Gasteiger partial charge on any atom is 0.166 e. The van der Waals surface area contributed by atoms with Crippen molar-refractivity contribution in [3.8, 4) is 17.2 Å². The Bertz CT molecular complexity index is 1260. The summed E-state index contributed by atoms with van der Waals surface area (Å²) < 4.78 is 26.0. The van der Waals surface area contributed by atoms with Crippen LogP contribution in [-0.4, -0.2) is 12.8 Å². The van der Waals surface area contributed by atoms with Crippen LogP contribution in [0.4, 0.5) is 10.1 Å². The monoisotopic (exact) mass is 438 g/mol. The molecule has 5 heteroatoms. The largest absolute Gasteiger partial charge is 0.497 e. The smallest absolute Gasteiger partial charge is 0.166 e. The van der Waals surface area contributed by atoms with Gasteiger partial charge in [-0.25, -0.2) is 4.39 Å². The third-order valence-electron chi connectivity index (χ3n) is 5.67. The van der Waals surface area contributed by atoms with Gasteiger partial charge in [0.2, 0.25) is 0 Å². The molecule has 0 aliphatic carbocycles. The summed E-state index contributed by atoms with van der Waals surface area (Å²) in [6.07, 6.45) is 0.652. The molecule has 1 aliphatic rings. The Labute approximate surface area is 192 Å². The minimum Gasteiger partial charge on any atom is -0.497 e. The fourth-order valence-electron chi connectivity index (χ4n) is 3.97. The van der Waals surface area contributed by atoms with E-state index in [0.29, 0.717) is 12.2 Å². The first-order chi connectivity index (χ1) is 16.2. The Morgan fingerprint density at radius 1 is 0.818 bits per heavy atom. The van der Waals surface area contributed by atoms with Crippen molar-refractivity contribution in [3.05, 3.63) is 120 Å². The van der Waals surface area contributed by atoms with Crippen molar-refractivity contribution >= 4 is 11.4 Å². The molecule has 5 rings (SSSR count). The van der Waals surface area contributed by atoms with E-state index in [9.17, 15) is 0 Å². The summed E-state index contributed by atoms with van der Waals surface area (Å²) in [7, 11) is 1.65. The van der Waals surface area contributed by atoms with E-state index in [2.05, 4.69) is 0 Å². The zero-order valence-electron chi connectivity index (χ0n) is 18.2. The van der Waals surface area contributed by atoms with Gasteiger partial charge in [-0.2, -0.15) is 5.10 Å². The van der Waals surface area contributed by atoms with Crippen LogP contribution in [0.15, 0.2) is 108 Å². The number of nitrogens with zero attached hydrogens (tertiary/aromatic N) is 2. The average Bonchev–Trinajstić information content (AvgIpc) is 3.32. The van der Waals surface area contributed by atoms with Gasteiger partial charge in [-0.1, -0.05) is 42.5 Å². The lowest BCUT2D eigenvalue weighted by molar-refractivity contribution is 0.415. The number of methoxy groups -OCH3 is 1. The van der Waals surface area contributed by atoms with Gasteiger partial charge in [-0.05, 0) is 71.8 Å². The van der Waals surface area contributed by atoms with E-state index >= 15 is 4.39 Å². The van der Waals surface area contributed by atoms with Crippen LogP contribution in [0.3, 0.4) is 0 Å². The highest BCUT2D eigenvalue weighted by atomic mass is 19.1. The normalized spacial score (nSPS) is 15.3. The van der Waals surface area contributed by atoms with Gasteiger partial charge in [0.1, 0.15) is 11.5 Å². The first kappa shape index (κ1) is 20.8. The molecule has 1 heterocycles. The van der Waals surface area contributed by atoms with Gasteiger partial charge in [0.25, 0.3) is 0 Å². The van der Waals surface area contributed by atoms with E-state index in [-0.39, 0.29) is 11.8 Å². The summed E-state index contributed by atoms with van der Waals surface area (Å²) in [6, 6.07) is 32.0. The number of benzene rings is 4. The molecule has 0 fully saturated rings. The highest BCUT2D eigenvalue weighted by molar-refractivity contribution is 6.03. The first-order valence-electron chi connectivity index (χ1n) is 10.8. The molecule has 0 aromatic heterocycles. The van der Waals surface area contributed by atoms with Crippen molar-refractivity contribution in [1.29, 1.82) is 0 Å². The summed E-state index contributed by atoms with van der Waals surface area (Å²) in [5.74, 6) is 1.19. The molecule has 0 bridgehead atoms. The van der Waals surface area contributed by atoms with Gasteiger partial charge < -0.3 is 9.47 Å². The zero-order valence-corrected chi connectivity index (χ0v) is 18.2. The molecular formula is C28H23FN2O2. The number of hydrogen-bond acceptors (Lipinski definition) is 4. The van der Waals surface area contributed by atoms with E-state index in [1.807, 2.05) is 83.9 Å². The Hall–Kier alpha value is -4.12. The third-order valence-corrected chi connectivity index (χ3v) is 5.67. The SMILES string of the molecule is COc1ccc(C2=NN(c3ccccc3)C(c3ccc(Oc4ccccc4)c(F)c3)C2)cc1. The van der Waals surface area contributed by atoms with Gasteiger partial charge >= 0.3 is 0 Å².